The highest BCUT2D eigenvalue weighted by atomic mass is 16.6. The lowest BCUT2D eigenvalue weighted by Crippen LogP contribution is -2.38. The van der Waals surface area contributed by atoms with Gasteiger partial charge in [-0.1, -0.05) is 0 Å². The number of ether oxygens (including phenoxy) is 4. The van der Waals surface area contributed by atoms with Crippen molar-refractivity contribution in [3.05, 3.63) is 12.7 Å². The number of nitrogens with two attached hydrogens (primary N) is 1. The summed E-state index contributed by atoms with van der Waals surface area (Å²) in [6.45, 7) is 5.40. The molecule has 0 aliphatic carbocycles. The minimum absolute atomic E-state index is 0.239. The van der Waals surface area contributed by atoms with E-state index in [4.69, 9.17) is 24.7 Å². The molecule has 0 radical (unpaired) electrons. The normalized spacial score (nSPS) is 27.1. The Kier molecular flexibility index (Phi) is 5.24. The van der Waals surface area contributed by atoms with E-state index in [-0.39, 0.29) is 18.3 Å². The van der Waals surface area contributed by atoms with Crippen LogP contribution in [-0.2, 0) is 18.9 Å². The maximum absolute atomic E-state index is 6.17. The molecular formula is C15H23N5O4. The van der Waals surface area contributed by atoms with E-state index in [9.17, 15) is 0 Å². The lowest BCUT2D eigenvalue weighted by atomic mass is 10.1. The fourth-order valence-corrected chi connectivity index (χ4v) is 3.05. The van der Waals surface area contributed by atoms with Gasteiger partial charge in [-0.05, 0) is 13.8 Å². The van der Waals surface area contributed by atoms with Crippen molar-refractivity contribution in [1.82, 2.24) is 19.5 Å². The Morgan fingerprint density at radius 2 is 1.92 bits per heavy atom. The number of anilines is 1. The zero-order chi connectivity index (χ0) is 17.1. The molecule has 1 aliphatic rings. The Morgan fingerprint density at radius 3 is 2.62 bits per heavy atom. The summed E-state index contributed by atoms with van der Waals surface area (Å²) in [6, 6.07) is 0. The molecule has 9 heteroatoms. The first-order valence-electron chi connectivity index (χ1n) is 8.01. The first-order chi connectivity index (χ1) is 11.7. The SMILES string of the molecule is CCO[C@@H]1[C@H](OCC)[C@@H](COC)O[C@H]1n1cnc2c(N)ncnc21. The number of hydrogen-bond acceptors (Lipinski definition) is 8. The van der Waals surface area contributed by atoms with Crippen LogP contribution in [0.15, 0.2) is 12.7 Å². The van der Waals surface area contributed by atoms with Gasteiger partial charge in [0.2, 0.25) is 0 Å². The fraction of sp³-hybridized carbons (Fsp3) is 0.667. The first kappa shape index (κ1) is 17.0. The monoisotopic (exact) mass is 337 g/mol. The molecule has 24 heavy (non-hydrogen) atoms. The molecular weight excluding hydrogens is 314 g/mol. The number of fused-ring (bicyclic) bond motifs is 1. The van der Waals surface area contributed by atoms with Gasteiger partial charge in [0.05, 0.1) is 12.9 Å². The molecule has 0 saturated carbocycles. The second-order valence-electron chi connectivity index (χ2n) is 5.44. The van der Waals surface area contributed by atoms with Crippen molar-refractivity contribution >= 4 is 17.0 Å². The minimum Gasteiger partial charge on any atom is -0.382 e. The second kappa shape index (κ2) is 7.39. The Bertz CT molecular complexity index is 679. The van der Waals surface area contributed by atoms with Gasteiger partial charge < -0.3 is 24.7 Å². The average Bonchev–Trinajstić information content (AvgIpc) is 3.13. The Labute approximate surface area is 140 Å². The molecule has 9 nitrogen and oxygen atoms in total. The van der Waals surface area contributed by atoms with Crippen molar-refractivity contribution < 1.29 is 18.9 Å². The number of methoxy groups -OCH3 is 1. The van der Waals surface area contributed by atoms with E-state index in [1.807, 2.05) is 18.4 Å². The number of rotatable bonds is 7. The predicted molar refractivity (Wildman–Crippen MR) is 86.3 cm³/mol. The summed E-state index contributed by atoms with van der Waals surface area (Å²) >= 11 is 0. The van der Waals surface area contributed by atoms with Gasteiger partial charge >= 0.3 is 0 Å². The third kappa shape index (κ3) is 2.95. The maximum Gasteiger partial charge on any atom is 0.167 e. The Hall–Kier alpha value is -1.81. The van der Waals surface area contributed by atoms with E-state index in [0.29, 0.717) is 36.8 Å². The summed E-state index contributed by atoms with van der Waals surface area (Å²) in [6.07, 6.45) is 1.84. The Morgan fingerprint density at radius 1 is 1.17 bits per heavy atom. The first-order valence-corrected chi connectivity index (χ1v) is 8.01. The van der Waals surface area contributed by atoms with Crippen molar-refractivity contribution in [1.29, 1.82) is 0 Å². The van der Waals surface area contributed by atoms with Gasteiger partial charge in [0.1, 0.15) is 30.2 Å². The molecule has 1 saturated heterocycles. The van der Waals surface area contributed by atoms with Crippen LogP contribution >= 0.6 is 0 Å². The van der Waals surface area contributed by atoms with Crippen LogP contribution in [0.25, 0.3) is 11.2 Å². The summed E-state index contributed by atoms with van der Waals surface area (Å²) in [5, 5.41) is 0. The van der Waals surface area contributed by atoms with Gasteiger partial charge in [0.25, 0.3) is 0 Å². The van der Waals surface area contributed by atoms with Crippen LogP contribution in [0.1, 0.15) is 20.1 Å². The molecule has 0 spiro atoms. The molecule has 132 valence electrons. The van der Waals surface area contributed by atoms with E-state index in [1.54, 1.807) is 13.4 Å². The van der Waals surface area contributed by atoms with Gasteiger partial charge in [-0.2, -0.15) is 0 Å². The summed E-state index contributed by atoms with van der Waals surface area (Å²) in [5.74, 6) is 0.333. The van der Waals surface area contributed by atoms with Crippen molar-refractivity contribution in [2.24, 2.45) is 0 Å². The van der Waals surface area contributed by atoms with E-state index in [1.165, 1.54) is 6.33 Å². The molecule has 2 aromatic rings. The number of imidazole rings is 1. The fourth-order valence-electron chi connectivity index (χ4n) is 3.05. The smallest absolute Gasteiger partial charge is 0.167 e. The summed E-state index contributed by atoms with van der Waals surface area (Å²) in [5.41, 5.74) is 7.01. The van der Waals surface area contributed by atoms with Crippen LogP contribution in [0.3, 0.4) is 0 Å². The van der Waals surface area contributed by atoms with E-state index in [0.717, 1.165) is 0 Å². The van der Waals surface area contributed by atoms with Crippen molar-refractivity contribution in [3.63, 3.8) is 0 Å². The van der Waals surface area contributed by atoms with Gasteiger partial charge in [0, 0.05) is 20.3 Å². The largest absolute Gasteiger partial charge is 0.382 e. The molecule has 2 aromatic heterocycles. The quantitative estimate of drug-likeness (QED) is 0.789. The zero-order valence-corrected chi connectivity index (χ0v) is 14.1. The topological polar surface area (TPSA) is 107 Å². The summed E-state index contributed by atoms with van der Waals surface area (Å²) in [7, 11) is 1.63. The molecule has 0 unspecified atom stereocenters. The number of nitrogen functional groups attached to an aromatic ring is 1. The van der Waals surface area contributed by atoms with Crippen LogP contribution in [-0.4, -0.2) is 64.8 Å². The highest BCUT2D eigenvalue weighted by molar-refractivity contribution is 5.81. The number of aromatic nitrogens is 4. The molecule has 1 fully saturated rings. The minimum atomic E-state index is -0.430. The highest BCUT2D eigenvalue weighted by Crippen LogP contribution is 2.35. The number of hydrogen-bond donors (Lipinski definition) is 1. The molecule has 2 N–H and O–H groups in total. The third-order valence-electron chi connectivity index (χ3n) is 4.00. The van der Waals surface area contributed by atoms with Gasteiger partial charge in [-0.3, -0.25) is 4.57 Å². The Balaban J connectivity index is 1.98. The molecule has 3 rings (SSSR count). The lowest BCUT2D eigenvalue weighted by Gasteiger charge is -2.24. The molecule has 3 heterocycles. The van der Waals surface area contributed by atoms with Gasteiger partial charge in [-0.25, -0.2) is 15.0 Å². The molecule has 1 aliphatic heterocycles. The zero-order valence-electron chi connectivity index (χ0n) is 14.1. The van der Waals surface area contributed by atoms with Crippen LogP contribution in [0.5, 0.6) is 0 Å². The van der Waals surface area contributed by atoms with Crippen molar-refractivity contribution in [3.8, 4) is 0 Å². The predicted octanol–water partition coefficient (Wildman–Crippen LogP) is 0.762. The lowest BCUT2D eigenvalue weighted by molar-refractivity contribution is -0.0731. The van der Waals surface area contributed by atoms with E-state index < -0.39 is 6.23 Å². The van der Waals surface area contributed by atoms with E-state index >= 15 is 0 Å². The standard InChI is InChI=1S/C15H23N5O4/c1-4-22-11-9(6-21-3)24-15(12(11)23-5-2)20-8-19-10-13(16)17-7-18-14(10)20/h7-9,11-12,15H,4-6H2,1-3H3,(H2,16,17,18)/t9-,11-,12-,15-/m1/s1. The average molecular weight is 337 g/mol. The molecule has 0 amide bonds. The van der Waals surface area contributed by atoms with Crippen LogP contribution in [0, 0.1) is 0 Å². The number of nitrogens with zero attached hydrogens (tertiary/aromatic N) is 4. The van der Waals surface area contributed by atoms with Gasteiger partial charge in [-0.15, -0.1) is 0 Å². The highest BCUT2D eigenvalue weighted by Gasteiger charge is 2.47. The van der Waals surface area contributed by atoms with Crippen molar-refractivity contribution in [2.45, 2.75) is 38.4 Å². The molecule has 0 bridgehead atoms. The van der Waals surface area contributed by atoms with Crippen LogP contribution in [0.4, 0.5) is 5.82 Å². The molecule has 0 aromatic carbocycles. The second-order valence-corrected chi connectivity index (χ2v) is 5.44. The van der Waals surface area contributed by atoms with Crippen LogP contribution in [0.2, 0.25) is 0 Å². The summed E-state index contributed by atoms with van der Waals surface area (Å²) in [4.78, 5) is 12.6. The maximum atomic E-state index is 6.17. The third-order valence-corrected chi connectivity index (χ3v) is 4.00. The van der Waals surface area contributed by atoms with Crippen LogP contribution < -0.4 is 5.73 Å². The van der Waals surface area contributed by atoms with E-state index in [2.05, 4.69) is 15.0 Å². The summed E-state index contributed by atoms with van der Waals surface area (Å²) < 4.78 is 25.1. The van der Waals surface area contributed by atoms with Crippen molar-refractivity contribution in [2.75, 3.05) is 32.7 Å². The molecule has 4 atom stereocenters. The van der Waals surface area contributed by atoms with Gasteiger partial charge in [0.15, 0.2) is 17.7 Å².